The Hall–Kier alpha value is -6.50. The van der Waals surface area contributed by atoms with E-state index in [0.29, 0.717) is 0 Å². The number of hydrogen-bond acceptors (Lipinski definition) is 0. The van der Waals surface area contributed by atoms with Crippen LogP contribution in [-0.2, 0) is 0 Å². The van der Waals surface area contributed by atoms with Crippen LogP contribution in [0.25, 0.3) is 108 Å². The lowest BCUT2D eigenvalue weighted by molar-refractivity contribution is 1.69. The monoisotopic (exact) mass is 630 g/mol. The molecule has 0 nitrogen and oxygen atoms in total. The average Bonchev–Trinajstić information content (AvgIpc) is 3.16. The van der Waals surface area contributed by atoms with Gasteiger partial charge in [0.15, 0.2) is 0 Å². The Morgan fingerprint density at radius 1 is 0.180 bits per heavy atom. The van der Waals surface area contributed by atoms with Gasteiger partial charge >= 0.3 is 0 Å². The van der Waals surface area contributed by atoms with Gasteiger partial charge in [-0.1, -0.05) is 109 Å². The van der Waals surface area contributed by atoms with Crippen molar-refractivity contribution in [3.05, 3.63) is 182 Å². The summed E-state index contributed by atoms with van der Waals surface area (Å²) in [5, 5.41) is 20.3. The molecule has 0 amide bonds. The van der Waals surface area contributed by atoms with Gasteiger partial charge < -0.3 is 0 Å². The van der Waals surface area contributed by atoms with Crippen molar-refractivity contribution in [2.75, 3.05) is 0 Å². The van der Waals surface area contributed by atoms with Crippen LogP contribution in [0.15, 0.2) is 182 Å². The predicted molar refractivity (Wildman–Crippen MR) is 217 cm³/mol. The maximum Gasteiger partial charge on any atom is -0.00261 e. The van der Waals surface area contributed by atoms with Crippen LogP contribution in [0.4, 0.5) is 0 Å². The third kappa shape index (κ3) is 4.32. The molecule has 11 aromatic rings. The van der Waals surface area contributed by atoms with Crippen LogP contribution in [0, 0.1) is 0 Å². The summed E-state index contributed by atoms with van der Waals surface area (Å²) in [6, 6.07) is 68.0. The minimum absolute atomic E-state index is 1.24. The van der Waals surface area contributed by atoms with Gasteiger partial charge in [-0.25, -0.2) is 0 Å². The Balaban J connectivity index is 1.13. The van der Waals surface area contributed by atoms with E-state index in [0.717, 1.165) is 0 Å². The van der Waals surface area contributed by atoms with E-state index in [1.165, 1.54) is 108 Å². The summed E-state index contributed by atoms with van der Waals surface area (Å²) >= 11 is 0. The van der Waals surface area contributed by atoms with Crippen LogP contribution in [-0.4, -0.2) is 0 Å². The lowest BCUT2D eigenvalue weighted by atomic mass is 9.88. The van der Waals surface area contributed by atoms with Crippen molar-refractivity contribution >= 4 is 86.2 Å². The summed E-state index contributed by atoms with van der Waals surface area (Å²) in [7, 11) is 0. The summed E-state index contributed by atoms with van der Waals surface area (Å²) < 4.78 is 0. The topological polar surface area (TPSA) is 0 Å². The molecular formula is C50H30. The van der Waals surface area contributed by atoms with E-state index >= 15 is 0 Å². The highest BCUT2D eigenvalue weighted by molar-refractivity contribution is 6.19. The molecule has 0 heteroatoms. The highest BCUT2D eigenvalue weighted by Crippen LogP contribution is 2.42. The molecule has 0 saturated carbocycles. The van der Waals surface area contributed by atoms with Crippen LogP contribution < -0.4 is 0 Å². The molecule has 0 bridgehead atoms. The normalized spacial score (nSPS) is 12.0. The van der Waals surface area contributed by atoms with E-state index < -0.39 is 0 Å². The maximum absolute atomic E-state index is 2.41. The molecular weight excluding hydrogens is 601 g/mol. The molecule has 0 aliphatic carbocycles. The fourth-order valence-corrected chi connectivity index (χ4v) is 8.26. The maximum atomic E-state index is 2.41. The van der Waals surface area contributed by atoms with Crippen LogP contribution in [0.2, 0.25) is 0 Å². The minimum Gasteiger partial charge on any atom is -0.0616 e. The molecule has 0 heterocycles. The van der Waals surface area contributed by atoms with Crippen molar-refractivity contribution in [1.82, 2.24) is 0 Å². The largest absolute Gasteiger partial charge is 0.0616 e. The molecule has 11 aromatic carbocycles. The lowest BCUT2D eigenvalue weighted by Gasteiger charge is -2.16. The molecule has 0 radical (unpaired) electrons. The van der Waals surface area contributed by atoms with E-state index in [9.17, 15) is 0 Å². The van der Waals surface area contributed by atoms with Crippen molar-refractivity contribution in [2.45, 2.75) is 0 Å². The predicted octanol–water partition coefficient (Wildman–Crippen LogP) is 14.2. The second-order valence-corrected chi connectivity index (χ2v) is 13.8. The van der Waals surface area contributed by atoms with E-state index in [-0.39, 0.29) is 0 Å². The van der Waals surface area contributed by atoms with Gasteiger partial charge in [-0.2, -0.15) is 0 Å². The van der Waals surface area contributed by atoms with Gasteiger partial charge in [0.25, 0.3) is 0 Å². The lowest BCUT2D eigenvalue weighted by Crippen LogP contribution is -1.89. The molecule has 0 spiro atoms. The second kappa shape index (κ2) is 10.5. The Kier molecular flexibility index (Phi) is 5.76. The van der Waals surface area contributed by atoms with Crippen molar-refractivity contribution in [2.24, 2.45) is 0 Å². The van der Waals surface area contributed by atoms with Crippen molar-refractivity contribution in [1.29, 1.82) is 0 Å². The van der Waals surface area contributed by atoms with Crippen LogP contribution in [0.3, 0.4) is 0 Å². The van der Waals surface area contributed by atoms with Gasteiger partial charge in [-0.15, -0.1) is 0 Å². The summed E-state index contributed by atoms with van der Waals surface area (Å²) in [4.78, 5) is 0. The van der Waals surface area contributed by atoms with Gasteiger partial charge in [0.2, 0.25) is 0 Å². The van der Waals surface area contributed by atoms with Crippen molar-refractivity contribution in [3.8, 4) is 22.3 Å². The number of benzene rings is 11. The molecule has 0 fully saturated rings. The van der Waals surface area contributed by atoms with E-state index in [1.54, 1.807) is 0 Å². The smallest absolute Gasteiger partial charge is 0.00261 e. The summed E-state index contributed by atoms with van der Waals surface area (Å²) in [6.07, 6.45) is 0. The van der Waals surface area contributed by atoms with Crippen LogP contribution >= 0.6 is 0 Å². The highest BCUT2D eigenvalue weighted by atomic mass is 14.2. The number of fused-ring (bicyclic) bond motifs is 8. The number of hydrogen-bond donors (Lipinski definition) is 0. The fourth-order valence-electron chi connectivity index (χ4n) is 8.26. The van der Waals surface area contributed by atoms with Gasteiger partial charge in [-0.05, 0) is 181 Å². The zero-order chi connectivity index (χ0) is 32.8. The Morgan fingerprint density at radius 3 is 0.920 bits per heavy atom. The third-order valence-electron chi connectivity index (χ3n) is 10.8. The zero-order valence-corrected chi connectivity index (χ0v) is 27.3. The Bertz CT molecular complexity index is 3200. The molecule has 230 valence electrons. The van der Waals surface area contributed by atoms with Gasteiger partial charge in [-0.3, -0.25) is 0 Å². The van der Waals surface area contributed by atoms with E-state index in [1.807, 2.05) is 0 Å². The molecule has 50 heavy (non-hydrogen) atoms. The summed E-state index contributed by atoms with van der Waals surface area (Å²) in [6.45, 7) is 0. The Morgan fingerprint density at radius 2 is 0.460 bits per heavy atom. The Labute approximate surface area is 289 Å². The van der Waals surface area contributed by atoms with Gasteiger partial charge in [0.1, 0.15) is 0 Å². The summed E-state index contributed by atoms with van der Waals surface area (Å²) in [5.41, 5.74) is 5.02. The molecule has 0 N–H and O–H groups in total. The fraction of sp³-hybridized carbons (Fsp3) is 0. The molecule has 0 aliphatic rings. The molecule has 0 unspecified atom stereocenters. The van der Waals surface area contributed by atoms with Crippen molar-refractivity contribution in [3.63, 3.8) is 0 Å². The van der Waals surface area contributed by atoms with Gasteiger partial charge in [0.05, 0.1) is 0 Å². The first-order chi connectivity index (χ1) is 24.7. The third-order valence-corrected chi connectivity index (χ3v) is 10.8. The molecule has 0 aliphatic heterocycles. The first-order valence-electron chi connectivity index (χ1n) is 17.4. The van der Waals surface area contributed by atoms with Crippen LogP contribution in [0.5, 0.6) is 0 Å². The average molecular weight is 631 g/mol. The zero-order valence-electron chi connectivity index (χ0n) is 27.3. The second-order valence-electron chi connectivity index (χ2n) is 13.8. The molecule has 11 rings (SSSR count). The summed E-state index contributed by atoms with van der Waals surface area (Å²) in [5.74, 6) is 0. The molecule has 0 aromatic heterocycles. The van der Waals surface area contributed by atoms with Crippen molar-refractivity contribution < 1.29 is 0 Å². The van der Waals surface area contributed by atoms with Gasteiger partial charge in [0, 0.05) is 0 Å². The van der Waals surface area contributed by atoms with E-state index in [4.69, 9.17) is 0 Å². The van der Waals surface area contributed by atoms with E-state index in [2.05, 4.69) is 182 Å². The first kappa shape index (κ1) is 27.5. The minimum atomic E-state index is 1.24. The highest BCUT2D eigenvalue weighted by Gasteiger charge is 2.14. The SMILES string of the molecule is c1ccc2cc3cc(-c4ccc5cc6c(-c7ccc8cc9ccccc9cc8c7)c7cc8ccccc8cc7cc6cc5c4)ccc3cc2c1. The number of rotatable bonds is 2. The molecule has 0 atom stereocenters. The standard InChI is InChI=1S/C50H30/c1-3-9-33-21-43-23-37(13-15-39(43)19-31(33)7-1)38-14-16-41-30-49-47(27-45(41)24-38)28-46-25-35-11-5-6-12-36(35)29-48(46)50(49)42-18-17-40-20-32-8-2-4-10-34(32)22-44(40)26-42/h1-30H. The van der Waals surface area contributed by atoms with Crippen LogP contribution in [0.1, 0.15) is 0 Å². The molecule has 0 saturated heterocycles. The first-order valence-corrected chi connectivity index (χ1v) is 17.4. The quantitative estimate of drug-likeness (QED) is 0.167.